The number of allylic oxidation sites excluding steroid dienone is 5. The predicted octanol–water partition coefficient (Wildman–Crippen LogP) is 4.82. The molecule has 1 aromatic rings. The minimum absolute atomic E-state index is 0.424. The van der Waals surface area contributed by atoms with Crippen LogP contribution in [0.2, 0.25) is 0 Å². The Bertz CT molecular complexity index is 680. The number of nitrogens with one attached hydrogen (secondary N) is 1. The van der Waals surface area contributed by atoms with Crippen molar-refractivity contribution in [2.75, 3.05) is 11.1 Å². The Labute approximate surface area is 127 Å². The molecule has 1 aromatic carbocycles. The first-order valence-electron chi connectivity index (χ1n) is 6.41. The van der Waals surface area contributed by atoms with Crippen molar-refractivity contribution in [1.29, 1.82) is 5.26 Å². The smallest absolute Gasteiger partial charge is 0.0669 e. The number of nitrogens with zero attached hydrogens (tertiary/aromatic N) is 1. The van der Waals surface area contributed by atoms with Crippen LogP contribution in [0.1, 0.15) is 12.8 Å². The fourth-order valence-electron chi connectivity index (χ4n) is 2.39. The lowest BCUT2D eigenvalue weighted by Gasteiger charge is -2.25. The van der Waals surface area contributed by atoms with Gasteiger partial charge in [0.15, 0.2) is 0 Å². The van der Waals surface area contributed by atoms with Gasteiger partial charge in [-0.25, -0.2) is 0 Å². The van der Waals surface area contributed by atoms with Crippen molar-refractivity contribution in [3.63, 3.8) is 0 Å². The summed E-state index contributed by atoms with van der Waals surface area (Å²) in [6.45, 7) is 0. The molecule has 100 valence electrons. The van der Waals surface area contributed by atoms with Gasteiger partial charge in [-0.15, -0.1) is 11.8 Å². The number of fused-ring (bicyclic) bond motifs is 1. The average Bonchev–Trinajstić information content (AvgIpc) is 2.49. The highest BCUT2D eigenvalue weighted by Gasteiger charge is 2.20. The van der Waals surface area contributed by atoms with Crippen LogP contribution in [0.15, 0.2) is 63.2 Å². The summed E-state index contributed by atoms with van der Waals surface area (Å²) >= 11 is 7.98. The summed E-state index contributed by atoms with van der Waals surface area (Å²) in [5.74, 6) is 0.888. The Morgan fingerprint density at radius 3 is 3.00 bits per heavy atom. The Balaban J connectivity index is 1.97. The monoisotopic (exact) mass is 300 g/mol. The molecule has 20 heavy (non-hydrogen) atoms. The molecule has 0 fully saturated rings. The minimum Gasteiger partial charge on any atom is -0.357 e. The molecule has 3 rings (SSSR count). The second kappa shape index (κ2) is 5.78. The molecule has 0 radical (unpaired) electrons. The largest absolute Gasteiger partial charge is 0.357 e. The first-order chi connectivity index (χ1) is 9.78. The number of para-hydroxylation sites is 1. The fraction of sp³-hybridized carbons (Fsp3) is 0.188. The molecule has 2 nitrogen and oxygen atoms in total. The summed E-state index contributed by atoms with van der Waals surface area (Å²) in [7, 11) is 0. The second-order valence-corrected chi connectivity index (χ2v) is 6.19. The molecule has 2 aliphatic rings. The van der Waals surface area contributed by atoms with Gasteiger partial charge in [0, 0.05) is 27.8 Å². The van der Waals surface area contributed by atoms with E-state index in [9.17, 15) is 0 Å². The van der Waals surface area contributed by atoms with Gasteiger partial charge in [0.05, 0.1) is 18.2 Å². The van der Waals surface area contributed by atoms with Crippen LogP contribution in [0.3, 0.4) is 0 Å². The van der Waals surface area contributed by atoms with E-state index in [0.29, 0.717) is 12.8 Å². The lowest BCUT2D eigenvalue weighted by Crippen LogP contribution is -2.13. The number of nitriles is 1. The van der Waals surface area contributed by atoms with Crippen molar-refractivity contribution in [2.45, 2.75) is 17.7 Å². The van der Waals surface area contributed by atoms with Gasteiger partial charge in [0.2, 0.25) is 0 Å². The van der Waals surface area contributed by atoms with Crippen LogP contribution in [0, 0.1) is 11.3 Å². The summed E-state index contributed by atoms with van der Waals surface area (Å²) < 4.78 is 0. The second-order valence-electron chi connectivity index (χ2n) is 4.68. The molecule has 0 atom stereocenters. The SMILES string of the molecule is N#CCC1=CC=C(Cl)CC1=C1CSc2ccccc2N1. The van der Waals surface area contributed by atoms with Crippen LogP contribution in [0.25, 0.3) is 0 Å². The van der Waals surface area contributed by atoms with Gasteiger partial charge in [-0.1, -0.05) is 29.8 Å². The zero-order chi connectivity index (χ0) is 13.9. The molecule has 0 saturated heterocycles. The molecule has 4 heteroatoms. The number of halogens is 1. The van der Waals surface area contributed by atoms with Crippen LogP contribution in [-0.4, -0.2) is 5.75 Å². The highest BCUT2D eigenvalue weighted by molar-refractivity contribution is 7.99. The van der Waals surface area contributed by atoms with Gasteiger partial charge in [0.1, 0.15) is 0 Å². The fourth-order valence-corrected chi connectivity index (χ4v) is 3.58. The summed E-state index contributed by atoms with van der Waals surface area (Å²) in [4.78, 5) is 1.26. The molecule has 1 N–H and O–H groups in total. The van der Waals surface area contributed by atoms with Crippen LogP contribution in [-0.2, 0) is 0 Å². The van der Waals surface area contributed by atoms with E-state index in [4.69, 9.17) is 16.9 Å². The van der Waals surface area contributed by atoms with Crippen molar-refractivity contribution in [3.8, 4) is 6.07 Å². The van der Waals surface area contributed by atoms with E-state index in [1.165, 1.54) is 16.2 Å². The Hall–Kier alpha value is -1.63. The first kappa shape index (κ1) is 13.4. The summed E-state index contributed by atoms with van der Waals surface area (Å²) in [6.07, 6.45) is 4.99. The summed E-state index contributed by atoms with van der Waals surface area (Å²) in [5, 5.41) is 13.3. The third-order valence-corrected chi connectivity index (χ3v) is 4.74. The van der Waals surface area contributed by atoms with Crippen molar-refractivity contribution in [3.05, 3.63) is 58.3 Å². The number of benzene rings is 1. The van der Waals surface area contributed by atoms with Crippen molar-refractivity contribution >= 4 is 29.1 Å². The van der Waals surface area contributed by atoms with E-state index in [1.807, 2.05) is 36.0 Å². The van der Waals surface area contributed by atoms with Gasteiger partial charge in [-0.3, -0.25) is 0 Å². The zero-order valence-electron chi connectivity index (χ0n) is 10.8. The molecule has 1 aliphatic heterocycles. The quantitative estimate of drug-likeness (QED) is 0.807. The number of hydrogen-bond donors (Lipinski definition) is 1. The van der Waals surface area contributed by atoms with Crippen molar-refractivity contribution < 1.29 is 0 Å². The van der Waals surface area contributed by atoms with Gasteiger partial charge in [-0.2, -0.15) is 5.26 Å². The number of anilines is 1. The molecule has 0 bridgehead atoms. The topological polar surface area (TPSA) is 35.8 Å². The molecule has 1 aliphatic carbocycles. The standard InChI is InChI=1S/C16H13ClN2S/c17-12-6-5-11(7-8-18)13(9-12)15-10-20-16-4-2-1-3-14(16)19-15/h1-6,19H,7,9-10H2. The molecule has 0 spiro atoms. The lowest BCUT2D eigenvalue weighted by atomic mass is 9.94. The highest BCUT2D eigenvalue weighted by Crippen LogP contribution is 2.39. The molecule has 0 saturated carbocycles. The van der Waals surface area contributed by atoms with E-state index < -0.39 is 0 Å². The number of thioether (sulfide) groups is 1. The van der Waals surface area contributed by atoms with Crippen LogP contribution >= 0.6 is 23.4 Å². The van der Waals surface area contributed by atoms with Crippen molar-refractivity contribution in [2.24, 2.45) is 0 Å². The van der Waals surface area contributed by atoms with E-state index in [0.717, 1.165) is 22.0 Å². The average molecular weight is 301 g/mol. The lowest BCUT2D eigenvalue weighted by molar-refractivity contribution is 1.06. The Morgan fingerprint density at radius 1 is 1.30 bits per heavy atom. The maximum Gasteiger partial charge on any atom is 0.0669 e. The Morgan fingerprint density at radius 2 is 2.15 bits per heavy atom. The Kier molecular flexibility index (Phi) is 3.86. The maximum absolute atomic E-state index is 8.97. The number of rotatable bonds is 1. The first-order valence-corrected chi connectivity index (χ1v) is 7.77. The van der Waals surface area contributed by atoms with Gasteiger partial charge >= 0.3 is 0 Å². The minimum atomic E-state index is 0.424. The zero-order valence-corrected chi connectivity index (χ0v) is 12.4. The van der Waals surface area contributed by atoms with E-state index in [1.54, 1.807) is 0 Å². The molecular weight excluding hydrogens is 288 g/mol. The summed E-state index contributed by atoms with van der Waals surface area (Å²) in [5.41, 5.74) is 4.54. The molecule has 0 aromatic heterocycles. The molecule has 0 amide bonds. The van der Waals surface area contributed by atoms with E-state index in [2.05, 4.69) is 23.5 Å². The van der Waals surface area contributed by atoms with Gasteiger partial charge in [0.25, 0.3) is 0 Å². The third-order valence-electron chi connectivity index (χ3n) is 3.38. The van der Waals surface area contributed by atoms with Crippen LogP contribution < -0.4 is 5.32 Å². The molecule has 0 unspecified atom stereocenters. The highest BCUT2D eigenvalue weighted by atomic mass is 35.5. The van der Waals surface area contributed by atoms with Crippen molar-refractivity contribution in [1.82, 2.24) is 0 Å². The third kappa shape index (κ3) is 2.63. The van der Waals surface area contributed by atoms with E-state index >= 15 is 0 Å². The molecular formula is C16H13ClN2S. The maximum atomic E-state index is 8.97. The van der Waals surface area contributed by atoms with Crippen LogP contribution in [0.4, 0.5) is 5.69 Å². The van der Waals surface area contributed by atoms with Gasteiger partial charge in [-0.05, 0) is 29.4 Å². The summed E-state index contributed by atoms with van der Waals surface area (Å²) in [6, 6.07) is 10.5. The van der Waals surface area contributed by atoms with Crippen LogP contribution in [0.5, 0.6) is 0 Å². The normalized spacial score (nSPS) is 21.2. The van der Waals surface area contributed by atoms with E-state index in [-0.39, 0.29) is 0 Å². The number of hydrogen-bond acceptors (Lipinski definition) is 3. The predicted molar refractivity (Wildman–Crippen MR) is 84.7 cm³/mol. The molecule has 1 heterocycles. The van der Waals surface area contributed by atoms with Gasteiger partial charge < -0.3 is 5.32 Å².